The van der Waals surface area contributed by atoms with Crippen LogP contribution in [0.5, 0.6) is 5.75 Å². The van der Waals surface area contributed by atoms with Crippen molar-refractivity contribution in [1.29, 1.82) is 0 Å². The van der Waals surface area contributed by atoms with Crippen molar-refractivity contribution in [2.45, 2.75) is 11.2 Å². The van der Waals surface area contributed by atoms with Crippen LogP contribution in [0.25, 0.3) is 0 Å². The van der Waals surface area contributed by atoms with Crippen LogP contribution in [-0.4, -0.2) is 53.9 Å². The number of hydrogen-bond acceptors (Lipinski definition) is 5. The Labute approximate surface area is 147 Å². The van der Waals surface area contributed by atoms with Gasteiger partial charge in [0, 0.05) is 26.0 Å². The molecule has 1 amide bonds. The third-order valence-corrected chi connectivity index (χ3v) is 4.78. The summed E-state index contributed by atoms with van der Waals surface area (Å²) in [6, 6.07) is 8.03. The van der Waals surface area contributed by atoms with Crippen LogP contribution in [0.15, 0.2) is 41.8 Å². The van der Waals surface area contributed by atoms with Crippen LogP contribution in [0.2, 0.25) is 0 Å². The lowest BCUT2D eigenvalue weighted by molar-refractivity contribution is -0.118. The predicted molar refractivity (Wildman–Crippen MR) is 96.4 cm³/mol. The molecule has 1 aromatic carbocycles. The fourth-order valence-electron chi connectivity index (χ4n) is 2.31. The van der Waals surface area contributed by atoms with E-state index >= 15 is 0 Å². The maximum absolute atomic E-state index is 12.1. The number of benzene rings is 1. The molecule has 0 aliphatic carbocycles. The highest BCUT2D eigenvalue weighted by molar-refractivity contribution is 7.99. The highest BCUT2D eigenvalue weighted by Gasteiger charge is 2.16. The van der Waals surface area contributed by atoms with E-state index in [0.717, 1.165) is 16.5 Å². The number of hydrogen-bond donors (Lipinski definition) is 1. The van der Waals surface area contributed by atoms with Gasteiger partial charge < -0.3 is 19.5 Å². The first-order chi connectivity index (χ1) is 11.5. The first-order valence-corrected chi connectivity index (χ1v) is 8.67. The number of aryl methyl sites for hydroxylation is 1. The lowest BCUT2D eigenvalue weighted by Gasteiger charge is -2.25. The second-order valence-electron chi connectivity index (χ2n) is 5.67. The normalized spacial score (nSPS) is 12.2. The molecule has 0 radical (unpaired) electrons. The molecule has 0 bridgehead atoms. The second-order valence-corrected chi connectivity index (χ2v) is 6.61. The Kier molecular flexibility index (Phi) is 6.69. The molecule has 0 aliphatic rings. The maximum Gasteiger partial charge on any atom is 0.230 e. The zero-order valence-corrected chi connectivity index (χ0v) is 15.3. The molecule has 7 heteroatoms. The number of imidazole rings is 1. The maximum atomic E-state index is 12.1. The summed E-state index contributed by atoms with van der Waals surface area (Å²) in [5, 5.41) is 3.84. The number of rotatable bonds is 8. The molecule has 1 unspecified atom stereocenters. The molecule has 0 aliphatic heterocycles. The Bertz CT molecular complexity index is 655. The molecule has 2 aromatic rings. The third-order valence-electron chi connectivity index (χ3n) is 3.73. The molecule has 0 fully saturated rings. The lowest BCUT2D eigenvalue weighted by Crippen LogP contribution is -2.35. The van der Waals surface area contributed by atoms with Gasteiger partial charge in [-0.3, -0.25) is 4.79 Å². The van der Waals surface area contributed by atoms with Gasteiger partial charge in [0.1, 0.15) is 5.75 Å². The summed E-state index contributed by atoms with van der Waals surface area (Å²) in [5.41, 5.74) is 1.14. The topological polar surface area (TPSA) is 59.4 Å². The zero-order valence-electron chi connectivity index (χ0n) is 14.5. The molecule has 1 N–H and O–H groups in total. The van der Waals surface area contributed by atoms with Gasteiger partial charge >= 0.3 is 0 Å². The summed E-state index contributed by atoms with van der Waals surface area (Å²) in [7, 11) is 7.57. The largest absolute Gasteiger partial charge is 0.497 e. The average molecular weight is 348 g/mol. The number of nitrogens with zero attached hydrogens (tertiary/aromatic N) is 3. The summed E-state index contributed by atoms with van der Waals surface area (Å²) < 4.78 is 7.09. The summed E-state index contributed by atoms with van der Waals surface area (Å²) >= 11 is 1.43. The lowest BCUT2D eigenvalue weighted by atomic mass is 10.1. The molecule has 2 rings (SSSR count). The van der Waals surface area contributed by atoms with Crippen LogP contribution in [0.4, 0.5) is 0 Å². The Balaban J connectivity index is 1.88. The molecule has 0 spiro atoms. The molecular formula is C17H24N4O2S. The van der Waals surface area contributed by atoms with Crippen LogP contribution < -0.4 is 10.1 Å². The minimum atomic E-state index is 0.00311. The van der Waals surface area contributed by atoms with Gasteiger partial charge in [-0.05, 0) is 31.8 Å². The van der Waals surface area contributed by atoms with Crippen LogP contribution in [0, 0.1) is 0 Å². The number of thioether (sulfide) groups is 1. The van der Waals surface area contributed by atoms with Gasteiger partial charge in [0.05, 0.1) is 18.9 Å². The standard InChI is InChI=1S/C17H24N4O2S/c1-20(2)15(13-5-7-14(23-4)8-6-13)11-19-16(22)12-24-17-18-9-10-21(17)3/h5-10,15H,11-12H2,1-4H3,(H,19,22). The Morgan fingerprint density at radius 3 is 2.62 bits per heavy atom. The first kappa shape index (κ1) is 18.4. The molecule has 6 nitrogen and oxygen atoms in total. The summed E-state index contributed by atoms with van der Waals surface area (Å²) in [4.78, 5) is 18.4. The van der Waals surface area contributed by atoms with Gasteiger partial charge in [-0.25, -0.2) is 4.98 Å². The van der Waals surface area contributed by atoms with E-state index < -0.39 is 0 Å². The van der Waals surface area contributed by atoms with Crippen molar-refractivity contribution in [1.82, 2.24) is 19.8 Å². The third kappa shape index (κ3) is 5.01. The molecule has 0 saturated carbocycles. The van der Waals surface area contributed by atoms with Gasteiger partial charge in [0.15, 0.2) is 5.16 Å². The number of ether oxygens (including phenoxy) is 1. The molecule has 1 heterocycles. The number of aromatic nitrogens is 2. The minimum absolute atomic E-state index is 0.00311. The number of carbonyl (C=O) groups is 1. The van der Waals surface area contributed by atoms with Crippen molar-refractivity contribution in [3.8, 4) is 5.75 Å². The van der Waals surface area contributed by atoms with Crippen LogP contribution in [0.3, 0.4) is 0 Å². The smallest absolute Gasteiger partial charge is 0.230 e. The van der Waals surface area contributed by atoms with Crippen molar-refractivity contribution >= 4 is 17.7 Å². The van der Waals surface area contributed by atoms with E-state index in [1.165, 1.54) is 11.8 Å². The highest BCUT2D eigenvalue weighted by atomic mass is 32.2. The highest BCUT2D eigenvalue weighted by Crippen LogP contribution is 2.21. The van der Waals surface area contributed by atoms with E-state index in [0.29, 0.717) is 12.3 Å². The monoisotopic (exact) mass is 348 g/mol. The molecular weight excluding hydrogens is 324 g/mol. The number of carbonyl (C=O) groups excluding carboxylic acids is 1. The number of likely N-dealkylation sites (N-methyl/N-ethyl adjacent to an activating group) is 1. The number of methoxy groups -OCH3 is 1. The molecule has 24 heavy (non-hydrogen) atoms. The quantitative estimate of drug-likeness (QED) is 0.739. The Morgan fingerprint density at radius 1 is 1.38 bits per heavy atom. The van der Waals surface area contributed by atoms with E-state index in [2.05, 4.69) is 15.2 Å². The Morgan fingerprint density at radius 2 is 2.08 bits per heavy atom. The van der Waals surface area contributed by atoms with Crippen molar-refractivity contribution in [3.05, 3.63) is 42.2 Å². The number of nitrogens with one attached hydrogen (secondary N) is 1. The van der Waals surface area contributed by atoms with Crippen LogP contribution in [-0.2, 0) is 11.8 Å². The minimum Gasteiger partial charge on any atom is -0.497 e. The van der Waals surface area contributed by atoms with Crippen molar-refractivity contribution in [2.75, 3.05) is 33.5 Å². The zero-order chi connectivity index (χ0) is 17.5. The second kappa shape index (κ2) is 8.75. The molecule has 1 aromatic heterocycles. The van der Waals surface area contributed by atoms with Gasteiger partial charge in [0.2, 0.25) is 5.91 Å². The van der Waals surface area contributed by atoms with Crippen molar-refractivity contribution < 1.29 is 9.53 Å². The molecule has 130 valence electrons. The predicted octanol–water partition coefficient (Wildman–Crippen LogP) is 1.94. The fraction of sp³-hybridized carbons (Fsp3) is 0.412. The van der Waals surface area contributed by atoms with E-state index in [1.54, 1.807) is 13.3 Å². The summed E-state index contributed by atoms with van der Waals surface area (Å²) in [6.45, 7) is 0.555. The van der Waals surface area contributed by atoms with Crippen molar-refractivity contribution in [3.63, 3.8) is 0 Å². The SMILES string of the molecule is COc1ccc(C(CNC(=O)CSc2nccn2C)N(C)C)cc1. The summed E-state index contributed by atoms with van der Waals surface area (Å²) in [5.74, 6) is 1.18. The average Bonchev–Trinajstić information content (AvgIpc) is 2.98. The van der Waals surface area contributed by atoms with E-state index in [-0.39, 0.29) is 11.9 Å². The molecule has 1 atom stereocenters. The first-order valence-electron chi connectivity index (χ1n) is 7.68. The number of amides is 1. The van der Waals surface area contributed by atoms with Gasteiger partial charge in [0.25, 0.3) is 0 Å². The van der Waals surface area contributed by atoms with E-state index in [9.17, 15) is 4.79 Å². The van der Waals surface area contributed by atoms with Crippen LogP contribution >= 0.6 is 11.8 Å². The van der Waals surface area contributed by atoms with E-state index in [4.69, 9.17) is 4.74 Å². The fourth-order valence-corrected chi connectivity index (χ4v) is 3.07. The molecule has 0 saturated heterocycles. The van der Waals surface area contributed by atoms with Crippen LogP contribution in [0.1, 0.15) is 11.6 Å². The van der Waals surface area contributed by atoms with E-state index in [1.807, 2.05) is 56.2 Å². The van der Waals surface area contributed by atoms with Crippen molar-refractivity contribution in [2.24, 2.45) is 7.05 Å². The van der Waals surface area contributed by atoms with Gasteiger partial charge in [-0.15, -0.1) is 0 Å². The summed E-state index contributed by atoms with van der Waals surface area (Å²) in [6.07, 6.45) is 3.60. The Hall–Kier alpha value is -1.99. The van der Waals surface area contributed by atoms with Gasteiger partial charge in [-0.2, -0.15) is 0 Å². The van der Waals surface area contributed by atoms with Gasteiger partial charge in [-0.1, -0.05) is 23.9 Å².